The van der Waals surface area contributed by atoms with Gasteiger partial charge in [-0.1, -0.05) is 54.4 Å². The van der Waals surface area contributed by atoms with Gasteiger partial charge in [0.1, 0.15) is 35.3 Å². The summed E-state index contributed by atoms with van der Waals surface area (Å²) < 4.78 is 53.7. The van der Waals surface area contributed by atoms with Gasteiger partial charge in [-0.15, -0.1) is 0 Å². The molecule has 294 valence electrons. The topological polar surface area (TPSA) is 190 Å². The van der Waals surface area contributed by atoms with Gasteiger partial charge in [0.15, 0.2) is 5.69 Å². The first-order valence-corrected chi connectivity index (χ1v) is 20.5. The highest BCUT2D eigenvalue weighted by molar-refractivity contribution is 7.91. The van der Waals surface area contributed by atoms with Crippen LogP contribution in [0.25, 0.3) is 21.7 Å². The minimum Gasteiger partial charge on any atom is -0.472 e. The number of fused-ring (bicyclic) bond motifs is 5. The Balaban J connectivity index is 1.13. The van der Waals surface area contributed by atoms with E-state index in [4.69, 9.17) is 14.2 Å². The van der Waals surface area contributed by atoms with Crippen LogP contribution in [0.4, 0.5) is 4.39 Å². The number of carbonyl (C=O) groups excluding carboxylic acids is 4. The van der Waals surface area contributed by atoms with Crippen molar-refractivity contribution in [2.24, 2.45) is 5.92 Å². The van der Waals surface area contributed by atoms with E-state index in [0.29, 0.717) is 47.7 Å². The Hall–Kier alpha value is -5.38. The summed E-state index contributed by atoms with van der Waals surface area (Å²) in [5, 5.41) is 11.4. The van der Waals surface area contributed by atoms with Crippen molar-refractivity contribution in [3.05, 3.63) is 78.0 Å². The zero-order valence-corrected chi connectivity index (χ0v) is 31.9. The Morgan fingerprint density at radius 1 is 1.05 bits per heavy atom. The normalized spacial score (nSPS) is 26.9. The molecule has 14 nitrogen and oxygen atoms in total. The van der Waals surface area contributed by atoms with Gasteiger partial charge in [0.05, 0.1) is 16.8 Å². The number of halogens is 1. The van der Waals surface area contributed by atoms with Crippen LogP contribution in [0.1, 0.15) is 81.0 Å². The molecule has 4 heterocycles. The molecule has 0 spiro atoms. The third-order valence-corrected chi connectivity index (χ3v) is 13.7. The number of pyridine rings is 1. The van der Waals surface area contributed by atoms with E-state index >= 15 is 0 Å². The molecule has 1 unspecified atom stereocenters. The number of allylic oxidation sites excluding steroid dienone is 1. The number of para-hydroxylation sites is 1. The van der Waals surface area contributed by atoms with Crippen LogP contribution in [0, 0.1) is 18.7 Å². The lowest BCUT2D eigenvalue weighted by Crippen LogP contribution is -2.58. The van der Waals surface area contributed by atoms with Crippen molar-refractivity contribution < 1.29 is 41.2 Å². The van der Waals surface area contributed by atoms with Crippen molar-refractivity contribution in [1.29, 1.82) is 0 Å². The van der Waals surface area contributed by atoms with Crippen molar-refractivity contribution in [1.82, 2.24) is 30.4 Å². The number of benzene rings is 2. The number of rotatable bonds is 7. The molecule has 2 aliphatic carbocycles. The number of ether oxygens (including phenoxy) is 1. The van der Waals surface area contributed by atoms with Crippen molar-refractivity contribution in [3.8, 4) is 5.88 Å². The van der Waals surface area contributed by atoms with Gasteiger partial charge in [0, 0.05) is 29.2 Å². The molecular weight excluding hydrogens is 744 g/mol. The number of aryl methyl sites for hydroxylation is 1. The Morgan fingerprint density at radius 2 is 1.86 bits per heavy atom. The summed E-state index contributed by atoms with van der Waals surface area (Å²) >= 11 is 0. The lowest BCUT2D eigenvalue weighted by molar-refractivity contribution is -0.141. The molecule has 8 rings (SSSR count). The number of aromatic nitrogens is 2. The van der Waals surface area contributed by atoms with Gasteiger partial charge in [0.2, 0.25) is 27.7 Å². The van der Waals surface area contributed by atoms with Gasteiger partial charge in [-0.2, -0.15) is 0 Å². The second-order valence-electron chi connectivity index (χ2n) is 15.7. The molecule has 0 bridgehead atoms. The van der Waals surface area contributed by atoms with E-state index in [-0.39, 0.29) is 37.4 Å². The number of sulfonamides is 1. The molecule has 3 N–H and O–H groups in total. The van der Waals surface area contributed by atoms with Gasteiger partial charge >= 0.3 is 0 Å². The quantitative estimate of drug-likeness (QED) is 0.179. The first-order chi connectivity index (χ1) is 26.8. The number of carbonyl (C=O) groups is 4. The Labute approximate surface area is 322 Å². The van der Waals surface area contributed by atoms with Gasteiger partial charge in [-0.05, 0) is 76.0 Å². The molecule has 0 radical (unpaired) electrons. The van der Waals surface area contributed by atoms with Crippen LogP contribution in [0.15, 0.2) is 65.2 Å². The number of amides is 4. The van der Waals surface area contributed by atoms with Gasteiger partial charge in [0.25, 0.3) is 11.8 Å². The van der Waals surface area contributed by atoms with Crippen molar-refractivity contribution >= 4 is 55.3 Å². The van der Waals surface area contributed by atoms with Gasteiger partial charge in [-0.25, -0.2) is 17.8 Å². The smallest absolute Gasteiger partial charge is 0.274 e. The van der Waals surface area contributed by atoms with E-state index in [1.54, 1.807) is 26.0 Å². The van der Waals surface area contributed by atoms with Crippen LogP contribution < -0.4 is 20.1 Å². The Bertz CT molecular complexity index is 2400. The van der Waals surface area contributed by atoms with Crippen LogP contribution in [-0.2, 0) is 24.4 Å². The largest absolute Gasteiger partial charge is 0.472 e. The third kappa shape index (κ3) is 7.10. The third-order valence-electron chi connectivity index (χ3n) is 11.5. The Kier molecular flexibility index (Phi) is 9.58. The monoisotopic (exact) mass is 786 g/mol. The molecule has 2 aromatic heterocycles. The zero-order chi connectivity index (χ0) is 39.4. The number of hydrogen-bond donors (Lipinski definition) is 3. The number of nitrogens with zero attached hydrogens (tertiary/aromatic N) is 3. The lowest BCUT2D eigenvalue weighted by atomic mass is 10.0. The molecule has 2 aliphatic heterocycles. The molecule has 4 amide bonds. The molecule has 16 heteroatoms. The number of nitrogens with one attached hydrogen (secondary N) is 3. The molecular formula is C40H43FN6O8S. The van der Waals surface area contributed by atoms with E-state index in [2.05, 4.69) is 20.5 Å². The fraction of sp³-hybridized carbons (Fsp3) is 0.450. The maximum absolute atomic E-state index is 14.7. The van der Waals surface area contributed by atoms with Crippen LogP contribution in [0.5, 0.6) is 5.88 Å². The molecule has 5 atom stereocenters. The highest BCUT2D eigenvalue weighted by Gasteiger charge is 2.63. The van der Waals surface area contributed by atoms with Gasteiger partial charge in [-0.3, -0.25) is 23.9 Å². The lowest BCUT2D eigenvalue weighted by Gasteiger charge is -2.30. The van der Waals surface area contributed by atoms with Crippen LogP contribution in [0.3, 0.4) is 0 Å². The minimum absolute atomic E-state index is 0.00233. The summed E-state index contributed by atoms with van der Waals surface area (Å²) in [6.07, 6.45) is 6.90. The summed E-state index contributed by atoms with van der Waals surface area (Å²) in [6, 6.07) is 10.9. The molecule has 4 aromatic rings. The molecule has 4 aliphatic rings. The van der Waals surface area contributed by atoms with Crippen molar-refractivity contribution in [2.75, 3.05) is 6.54 Å². The fourth-order valence-electron chi connectivity index (χ4n) is 7.80. The summed E-state index contributed by atoms with van der Waals surface area (Å²) in [6.45, 7) is 3.11. The SMILES string of the molecule is Cc1cc(C(=O)N[C@H]2CCCCC/C=C\[C@H]3CC3(C(=O)NS(=O)(=O)C3(C)CC3)NC(=O)[C@@H]3C[C@@H](Oc4nc5ccccc5c5ccc(F)cc45)CN3C2=O)no1. The van der Waals surface area contributed by atoms with Crippen molar-refractivity contribution in [3.63, 3.8) is 0 Å². The predicted octanol–water partition coefficient (Wildman–Crippen LogP) is 4.36. The van der Waals surface area contributed by atoms with E-state index in [1.807, 2.05) is 30.4 Å². The maximum atomic E-state index is 14.7. The first kappa shape index (κ1) is 37.5. The molecule has 56 heavy (non-hydrogen) atoms. The molecule has 2 aromatic carbocycles. The van der Waals surface area contributed by atoms with Crippen molar-refractivity contribution in [2.45, 2.75) is 100 Å². The second-order valence-corrected chi connectivity index (χ2v) is 17.9. The highest BCUT2D eigenvalue weighted by Crippen LogP contribution is 2.47. The average Bonchev–Trinajstić information content (AvgIpc) is 3.97. The molecule has 3 fully saturated rings. The maximum Gasteiger partial charge on any atom is 0.274 e. The van der Waals surface area contributed by atoms with E-state index in [9.17, 15) is 32.0 Å². The van der Waals surface area contributed by atoms with Gasteiger partial charge < -0.3 is 24.8 Å². The first-order valence-electron chi connectivity index (χ1n) is 19.0. The number of hydrogen-bond acceptors (Lipinski definition) is 10. The zero-order valence-electron chi connectivity index (χ0n) is 31.0. The summed E-state index contributed by atoms with van der Waals surface area (Å²) in [5.74, 6) is -3.12. The summed E-state index contributed by atoms with van der Waals surface area (Å²) in [5.41, 5.74) is -0.964. The minimum atomic E-state index is -4.02. The van der Waals surface area contributed by atoms with Crippen LogP contribution >= 0.6 is 0 Å². The molecule has 1 saturated heterocycles. The predicted molar refractivity (Wildman–Crippen MR) is 202 cm³/mol. The summed E-state index contributed by atoms with van der Waals surface area (Å²) in [4.78, 5) is 62.4. The van der Waals surface area contributed by atoms with E-state index in [1.165, 1.54) is 23.1 Å². The highest BCUT2D eigenvalue weighted by atomic mass is 32.2. The second kappa shape index (κ2) is 14.3. The Morgan fingerprint density at radius 3 is 2.62 bits per heavy atom. The van der Waals surface area contributed by atoms with E-state index < -0.39 is 73.9 Å². The fourth-order valence-corrected chi connectivity index (χ4v) is 9.11. The van der Waals surface area contributed by atoms with Crippen LogP contribution in [-0.4, -0.2) is 82.1 Å². The molecule has 2 saturated carbocycles. The van der Waals surface area contributed by atoms with Crippen LogP contribution in [0.2, 0.25) is 0 Å². The average molecular weight is 787 g/mol. The summed E-state index contributed by atoms with van der Waals surface area (Å²) in [7, 11) is -4.02. The standard InChI is InChI=1S/C40H43FN6O8S/c1-23-18-32(45-55-23)34(48)42-31-13-7-5-3-4-6-10-24-21-40(24,38(51)46-56(52,53)39(2)16-17-39)44-35(49)33-20-26(22-47(33)37(31)50)54-36-29-19-25(41)14-15-27(29)28-11-8-9-12-30(28)43-36/h6,8-12,14-15,18-19,24,26,31,33H,3-5,7,13,16-17,20-22H2,1-2H3,(H,42,48)(H,44,49)(H,46,51)/b10-6-/t24-,26+,31-,33-,40?/m0/s1. The van der Waals surface area contributed by atoms with E-state index in [0.717, 1.165) is 18.2 Å².